The lowest BCUT2D eigenvalue weighted by Gasteiger charge is -2.44. The molecule has 152 valence electrons. The Kier molecular flexibility index (Phi) is 5.32. The van der Waals surface area contributed by atoms with E-state index in [2.05, 4.69) is 41.0 Å². The molecule has 1 spiro atoms. The Bertz CT molecular complexity index is 744. The topological polar surface area (TPSA) is 47.1 Å². The standard InChI is InChI=1S/C22H32N4O2/c1-18-6-3-7-19(16-18)25-14-12-24(13-15-25)17-20(27)26-11-5-9-22(26)8-4-10-23(2)21(22)28/h3,6-7,16H,4-5,8-15,17H2,1-2H3. The van der Waals surface area contributed by atoms with Crippen LogP contribution < -0.4 is 4.90 Å². The average Bonchev–Trinajstić information content (AvgIpc) is 3.11. The highest BCUT2D eigenvalue weighted by atomic mass is 16.2. The van der Waals surface area contributed by atoms with E-state index in [1.165, 1.54) is 11.3 Å². The van der Waals surface area contributed by atoms with E-state index in [0.717, 1.165) is 65.0 Å². The molecule has 6 nitrogen and oxygen atoms in total. The number of hydrogen-bond acceptors (Lipinski definition) is 4. The van der Waals surface area contributed by atoms with Gasteiger partial charge in [0.1, 0.15) is 5.54 Å². The van der Waals surface area contributed by atoms with Crippen LogP contribution in [0.4, 0.5) is 5.69 Å². The monoisotopic (exact) mass is 384 g/mol. The molecule has 28 heavy (non-hydrogen) atoms. The molecular weight excluding hydrogens is 352 g/mol. The Morgan fingerprint density at radius 1 is 1.04 bits per heavy atom. The Morgan fingerprint density at radius 2 is 1.75 bits per heavy atom. The number of hydrogen-bond donors (Lipinski definition) is 0. The van der Waals surface area contributed by atoms with Crippen molar-refractivity contribution in [2.45, 2.75) is 38.1 Å². The van der Waals surface area contributed by atoms with Crippen molar-refractivity contribution in [3.05, 3.63) is 29.8 Å². The molecule has 1 atom stereocenters. The maximum Gasteiger partial charge on any atom is 0.248 e. The Morgan fingerprint density at radius 3 is 2.46 bits per heavy atom. The molecule has 6 heteroatoms. The number of anilines is 1. The van der Waals surface area contributed by atoms with Crippen LogP contribution in [0.1, 0.15) is 31.2 Å². The summed E-state index contributed by atoms with van der Waals surface area (Å²) in [4.78, 5) is 34.4. The van der Waals surface area contributed by atoms with Gasteiger partial charge in [0, 0.05) is 52.0 Å². The van der Waals surface area contributed by atoms with E-state index in [-0.39, 0.29) is 11.8 Å². The second-order valence-electron chi connectivity index (χ2n) is 8.61. The van der Waals surface area contributed by atoms with E-state index in [0.29, 0.717) is 6.54 Å². The molecule has 0 aliphatic carbocycles. The Labute approximate surface area is 168 Å². The molecule has 0 saturated carbocycles. The Balaban J connectivity index is 1.36. The summed E-state index contributed by atoms with van der Waals surface area (Å²) in [7, 11) is 1.87. The molecule has 1 unspecified atom stereocenters. The van der Waals surface area contributed by atoms with E-state index in [1.807, 2.05) is 16.8 Å². The minimum Gasteiger partial charge on any atom is -0.369 e. The maximum absolute atomic E-state index is 13.1. The van der Waals surface area contributed by atoms with Gasteiger partial charge >= 0.3 is 0 Å². The first-order valence-corrected chi connectivity index (χ1v) is 10.6. The smallest absolute Gasteiger partial charge is 0.248 e. The fourth-order valence-corrected chi connectivity index (χ4v) is 5.16. The van der Waals surface area contributed by atoms with Gasteiger partial charge in [-0.3, -0.25) is 14.5 Å². The Hall–Kier alpha value is -2.08. The lowest BCUT2D eigenvalue weighted by Crippen LogP contribution is -2.62. The van der Waals surface area contributed by atoms with Gasteiger partial charge in [-0.25, -0.2) is 0 Å². The van der Waals surface area contributed by atoms with Gasteiger partial charge in [0.05, 0.1) is 6.54 Å². The third-order valence-electron chi connectivity index (χ3n) is 6.72. The first-order chi connectivity index (χ1) is 13.5. The zero-order valence-corrected chi connectivity index (χ0v) is 17.2. The van der Waals surface area contributed by atoms with Crippen LogP contribution in [0.3, 0.4) is 0 Å². The van der Waals surface area contributed by atoms with Crippen LogP contribution in [-0.4, -0.2) is 84.9 Å². The van der Waals surface area contributed by atoms with Crippen LogP contribution >= 0.6 is 0 Å². The molecule has 3 fully saturated rings. The predicted octanol–water partition coefficient (Wildman–Crippen LogP) is 1.73. The number of aryl methyl sites for hydroxylation is 1. The van der Waals surface area contributed by atoms with Crippen molar-refractivity contribution < 1.29 is 9.59 Å². The zero-order valence-electron chi connectivity index (χ0n) is 17.2. The molecule has 3 heterocycles. The maximum atomic E-state index is 13.1. The summed E-state index contributed by atoms with van der Waals surface area (Å²) in [6, 6.07) is 8.60. The fraction of sp³-hybridized carbons (Fsp3) is 0.636. The summed E-state index contributed by atoms with van der Waals surface area (Å²) in [6.07, 6.45) is 3.57. The first kappa shape index (κ1) is 19.2. The highest BCUT2D eigenvalue weighted by molar-refractivity contribution is 5.93. The molecule has 3 aliphatic rings. The highest BCUT2D eigenvalue weighted by Crippen LogP contribution is 2.38. The van der Waals surface area contributed by atoms with Gasteiger partial charge < -0.3 is 14.7 Å². The number of likely N-dealkylation sites (tertiary alicyclic amines) is 2. The second-order valence-corrected chi connectivity index (χ2v) is 8.61. The molecule has 3 saturated heterocycles. The van der Waals surface area contributed by atoms with E-state index < -0.39 is 5.54 Å². The van der Waals surface area contributed by atoms with Crippen molar-refractivity contribution in [3.63, 3.8) is 0 Å². The number of benzene rings is 1. The third-order valence-corrected chi connectivity index (χ3v) is 6.72. The molecule has 0 aromatic heterocycles. The minimum atomic E-state index is -0.562. The van der Waals surface area contributed by atoms with E-state index in [9.17, 15) is 9.59 Å². The summed E-state index contributed by atoms with van der Waals surface area (Å²) < 4.78 is 0. The number of carbonyl (C=O) groups excluding carboxylic acids is 2. The van der Waals surface area contributed by atoms with Gasteiger partial charge in [-0.05, 0) is 50.3 Å². The molecule has 0 N–H and O–H groups in total. The van der Waals surface area contributed by atoms with Crippen molar-refractivity contribution in [2.75, 3.05) is 57.8 Å². The molecule has 3 aliphatic heterocycles. The SMILES string of the molecule is Cc1cccc(N2CCN(CC(=O)N3CCCC34CCCN(C)C4=O)CC2)c1. The van der Waals surface area contributed by atoms with Crippen molar-refractivity contribution >= 4 is 17.5 Å². The number of piperazine rings is 1. The number of amides is 2. The van der Waals surface area contributed by atoms with Crippen LogP contribution in [0.2, 0.25) is 0 Å². The predicted molar refractivity (Wildman–Crippen MR) is 110 cm³/mol. The fourth-order valence-electron chi connectivity index (χ4n) is 5.16. The van der Waals surface area contributed by atoms with Crippen LogP contribution in [0, 0.1) is 6.92 Å². The number of nitrogens with zero attached hydrogens (tertiary/aromatic N) is 4. The summed E-state index contributed by atoms with van der Waals surface area (Å²) in [5.74, 6) is 0.277. The van der Waals surface area contributed by atoms with Crippen LogP contribution in [0.25, 0.3) is 0 Å². The van der Waals surface area contributed by atoms with Gasteiger partial charge in [-0.15, -0.1) is 0 Å². The van der Waals surface area contributed by atoms with Gasteiger partial charge in [0.25, 0.3) is 0 Å². The lowest BCUT2D eigenvalue weighted by atomic mass is 9.85. The number of rotatable bonds is 3. The van der Waals surface area contributed by atoms with Crippen molar-refractivity contribution in [1.29, 1.82) is 0 Å². The van der Waals surface area contributed by atoms with Crippen LogP contribution in [-0.2, 0) is 9.59 Å². The number of likely N-dealkylation sites (N-methyl/N-ethyl adjacent to an activating group) is 1. The van der Waals surface area contributed by atoms with Gasteiger partial charge in [-0.2, -0.15) is 0 Å². The third kappa shape index (κ3) is 3.50. The number of carbonyl (C=O) groups is 2. The molecule has 0 radical (unpaired) electrons. The highest BCUT2D eigenvalue weighted by Gasteiger charge is 2.51. The van der Waals surface area contributed by atoms with Gasteiger partial charge in [-0.1, -0.05) is 12.1 Å². The summed E-state index contributed by atoms with van der Waals surface area (Å²) in [5.41, 5.74) is 1.98. The molecule has 1 aromatic rings. The van der Waals surface area contributed by atoms with Crippen molar-refractivity contribution in [3.8, 4) is 0 Å². The van der Waals surface area contributed by atoms with E-state index in [1.54, 1.807) is 0 Å². The normalized spacial score (nSPS) is 26.4. The first-order valence-electron chi connectivity index (χ1n) is 10.6. The van der Waals surface area contributed by atoms with Crippen LogP contribution in [0.15, 0.2) is 24.3 Å². The van der Waals surface area contributed by atoms with Gasteiger partial charge in [0.15, 0.2) is 0 Å². The van der Waals surface area contributed by atoms with Crippen molar-refractivity contribution in [1.82, 2.24) is 14.7 Å². The molecule has 1 aromatic carbocycles. The number of piperidine rings is 1. The van der Waals surface area contributed by atoms with E-state index >= 15 is 0 Å². The molecule has 2 amide bonds. The molecule has 4 rings (SSSR count). The largest absolute Gasteiger partial charge is 0.369 e. The van der Waals surface area contributed by atoms with Crippen molar-refractivity contribution in [2.24, 2.45) is 0 Å². The summed E-state index contributed by atoms with van der Waals surface area (Å²) >= 11 is 0. The minimum absolute atomic E-state index is 0.130. The van der Waals surface area contributed by atoms with E-state index in [4.69, 9.17) is 0 Å². The summed E-state index contributed by atoms with van der Waals surface area (Å²) in [6.45, 7) is 7.72. The second kappa shape index (κ2) is 7.74. The lowest BCUT2D eigenvalue weighted by molar-refractivity contribution is -0.154. The average molecular weight is 385 g/mol. The summed E-state index contributed by atoms with van der Waals surface area (Å²) in [5, 5.41) is 0. The molecule has 0 bridgehead atoms. The molecular formula is C22H32N4O2. The van der Waals surface area contributed by atoms with Crippen LogP contribution in [0.5, 0.6) is 0 Å². The zero-order chi connectivity index (χ0) is 19.7. The quantitative estimate of drug-likeness (QED) is 0.796. The van der Waals surface area contributed by atoms with Gasteiger partial charge in [0.2, 0.25) is 11.8 Å².